The van der Waals surface area contributed by atoms with E-state index in [1.54, 1.807) is 0 Å². The molecule has 4 heteroatoms. The van der Waals surface area contributed by atoms with E-state index in [1.807, 2.05) is 22.7 Å². The first-order valence-electron chi connectivity index (χ1n) is 6.25. The Bertz CT molecular complexity index is 511. The van der Waals surface area contributed by atoms with E-state index >= 15 is 0 Å². The van der Waals surface area contributed by atoms with E-state index in [-0.39, 0.29) is 0 Å². The molecule has 1 unspecified atom stereocenters. The molecule has 0 radical (unpaired) electrons. The lowest BCUT2D eigenvalue weighted by Gasteiger charge is -2.21. The average molecular weight is 230 g/mol. The molecule has 0 aliphatic carbocycles. The first kappa shape index (κ1) is 10.6. The number of aromatic nitrogens is 2. The number of hydrogen-bond donors (Lipinski definition) is 2. The van der Waals surface area contributed by atoms with Crippen LogP contribution in [0.5, 0.6) is 0 Å². The maximum absolute atomic E-state index is 5.75. The molecule has 3 heterocycles. The molecule has 2 aromatic heterocycles. The van der Waals surface area contributed by atoms with Gasteiger partial charge in [0, 0.05) is 24.1 Å². The second-order valence-electron chi connectivity index (χ2n) is 4.87. The molecule has 0 amide bonds. The highest BCUT2D eigenvalue weighted by Gasteiger charge is 2.15. The van der Waals surface area contributed by atoms with Gasteiger partial charge in [-0.05, 0) is 44.3 Å². The molecule has 0 spiro atoms. The van der Waals surface area contributed by atoms with E-state index < -0.39 is 0 Å². The number of nitrogens with one attached hydrogen (secondary N) is 1. The summed E-state index contributed by atoms with van der Waals surface area (Å²) in [6, 6.07) is 3.82. The lowest BCUT2D eigenvalue weighted by molar-refractivity contribution is 0.374. The van der Waals surface area contributed by atoms with Crippen LogP contribution < -0.4 is 11.1 Å². The zero-order valence-electron chi connectivity index (χ0n) is 9.89. The van der Waals surface area contributed by atoms with Crippen molar-refractivity contribution < 1.29 is 0 Å². The predicted octanol–water partition coefficient (Wildman–Crippen LogP) is 1.46. The zero-order chi connectivity index (χ0) is 11.7. The molecule has 0 bridgehead atoms. The average Bonchev–Trinajstić information content (AvgIpc) is 2.71. The number of fused-ring (bicyclic) bond motifs is 1. The zero-order valence-corrected chi connectivity index (χ0v) is 9.89. The van der Waals surface area contributed by atoms with Crippen LogP contribution in [0.3, 0.4) is 0 Å². The summed E-state index contributed by atoms with van der Waals surface area (Å²) in [4.78, 5) is 4.62. The molecule has 2 aromatic rings. The number of rotatable bonds is 2. The number of anilines is 1. The minimum atomic E-state index is 0.728. The summed E-state index contributed by atoms with van der Waals surface area (Å²) in [6.45, 7) is 2.29. The van der Waals surface area contributed by atoms with E-state index in [9.17, 15) is 0 Å². The van der Waals surface area contributed by atoms with Crippen molar-refractivity contribution in [2.24, 2.45) is 5.92 Å². The topological polar surface area (TPSA) is 55.4 Å². The van der Waals surface area contributed by atoms with Crippen LogP contribution in [0.25, 0.3) is 5.65 Å². The standard InChI is InChI=1S/C13H18N4/c14-11-3-5-17-9-12(16-13(17)7-11)6-10-2-1-4-15-8-10/h3,5,7,9-10,15H,1-2,4,6,8,14H2. The van der Waals surface area contributed by atoms with Crippen LogP contribution in [0.1, 0.15) is 18.5 Å². The van der Waals surface area contributed by atoms with Crippen LogP contribution in [0.4, 0.5) is 5.69 Å². The molecule has 0 aromatic carbocycles. The monoisotopic (exact) mass is 230 g/mol. The lowest BCUT2D eigenvalue weighted by Crippen LogP contribution is -2.30. The Balaban J connectivity index is 1.80. The van der Waals surface area contributed by atoms with Gasteiger partial charge in [-0.1, -0.05) is 0 Å². The van der Waals surface area contributed by atoms with E-state index in [4.69, 9.17) is 5.73 Å². The molecule has 1 fully saturated rings. The van der Waals surface area contributed by atoms with Crippen molar-refractivity contribution in [2.45, 2.75) is 19.3 Å². The fourth-order valence-corrected chi connectivity index (χ4v) is 2.54. The van der Waals surface area contributed by atoms with E-state index in [2.05, 4.69) is 16.5 Å². The summed E-state index contributed by atoms with van der Waals surface area (Å²) in [5.41, 5.74) is 8.64. The highest BCUT2D eigenvalue weighted by atomic mass is 15.0. The smallest absolute Gasteiger partial charge is 0.139 e. The second-order valence-corrected chi connectivity index (χ2v) is 4.87. The fraction of sp³-hybridized carbons (Fsp3) is 0.462. The molecular weight excluding hydrogens is 212 g/mol. The number of nitrogen functional groups attached to an aromatic ring is 1. The summed E-state index contributed by atoms with van der Waals surface area (Å²) < 4.78 is 2.04. The molecular formula is C13H18N4. The Morgan fingerprint density at radius 2 is 2.47 bits per heavy atom. The van der Waals surface area contributed by atoms with Crippen molar-refractivity contribution in [2.75, 3.05) is 18.8 Å². The Morgan fingerprint density at radius 3 is 3.29 bits per heavy atom. The minimum Gasteiger partial charge on any atom is -0.399 e. The molecule has 1 aliphatic rings. The molecule has 0 saturated carbocycles. The third kappa shape index (κ3) is 2.26. The van der Waals surface area contributed by atoms with Crippen molar-refractivity contribution >= 4 is 11.3 Å². The van der Waals surface area contributed by atoms with Gasteiger partial charge in [0.25, 0.3) is 0 Å². The molecule has 1 aliphatic heterocycles. The number of hydrogen-bond acceptors (Lipinski definition) is 3. The summed E-state index contributed by atoms with van der Waals surface area (Å²) in [5, 5.41) is 3.44. The predicted molar refractivity (Wildman–Crippen MR) is 68.9 cm³/mol. The largest absolute Gasteiger partial charge is 0.399 e. The number of pyridine rings is 1. The molecule has 17 heavy (non-hydrogen) atoms. The van der Waals surface area contributed by atoms with Crippen LogP contribution in [0.15, 0.2) is 24.5 Å². The first-order chi connectivity index (χ1) is 8.31. The first-order valence-corrected chi connectivity index (χ1v) is 6.25. The highest BCUT2D eigenvalue weighted by Crippen LogP contribution is 2.17. The summed E-state index contributed by atoms with van der Waals surface area (Å²) in [6.07, 6.45) is 7.74. The SMILES string of the molecule is Nc1ccn2cc(CC3CCCNC3)nc2c1. The van der Waals surface area contributed by atoms with Crippen LogP contribution in [0.2, 0.25) is 0 Å². The van der Waals surface area contributed by atoms with Crippen LogP contribution >= 0.6 is 0 Å². The van der Waals surface area contributed by atoms with Gasteiger partial charge in [-0.3, -0.25) is 0 Å². The van der Waals surface area contributed by atoms with Gasteiger partial charge in [0.1, 0.15) is 5.65 Å². The van der Waals surface area contributed by atoms with Crippen molar-refractivity contribution in [1.82, 2.24) is 14.7 Å². The molecule has 3 rings (SSSR count). The van der Waals surface area contributed by atoms with E-state index in [0.717, 1.165) is 36.8 Å². The van der Waals surface area contributed by atoms with Crippen LogP contribution in [-0.4, -0.2) is 22.5 Å². The second kappa shape index (κ2) is 4.37. The maximum atomic E-state index is 5.75. The van der Waals surface area contributed by atoms with Gasteiger partial charge in [-0.15, -0.1) is 0 Å². The number of imidazole rings is 1. The lowest BCUT2D eigenvalue weighted by atomic mass is 9.95. The fourth-order valence-electron chi connectivity index (χ4n) is 2.54. The quantitative estimate of drug-likeness (QED) is 0.821. The van der Waals surface area contributed by atoms with Crippen LogP contribution in [0, 0.1) is 5.92 Å². The van der Waals surface area contributed by atoms with Crippen molar-refractivity contribution in [1.29, 1.82) is 0 Å². The molecule has 3 N–H and O–H groups in total. The Hall–Kier alpha value is -1.55. The third-order valence-corrected chi connectivity index (χ3v) is 3.43. The normalized spacial score (nSPS) is 20.8. The summed E-state index contributed by atoms with van der Waals surface area (Å²) in [7, 11) is 0. The van der Waals surface area contributed by atoms with Crippen molar-refractivity contribution in [3.8, 4) is 0 Å². The Labute approximate surface area is 101 Å². The van der Waals surface area contributed by atoms with Gasteiger partial charge in [0.2, 0.25) is 0 Å². The van der Waals surface area contributed by atoms with Gasteiger partial charge in [-0.25, -0.2) is 4.98 Å². The number of nitrogens with zero attached hydrogens (tertiary/aromatic N) is 2. The van der Waals surface area contributed by atoms with Gasteiger partial charge in [-0.2, -0.15) is 0 Å². The number of piperidine rings is 1. The molecule has 90 valence electrons. The van der Waals surface area contributed by atoms with E-state index in [1.165, 1.54) is 18.5 Å². The highest BCUT2D eigenvalue weighted by molar-refractivity contribution is 5.52. The van der Waals surface area contributed by atoms with E-state index in [0.29, 0.717) is 0 Å². The summed E-state index contributed by atoms with van der Waals surface area (Å²) >= 11 is 0. The summed E-state index contributed by atoms with van der Waals surface area (Å²) in [5.74, 6) is 0.728. The number of nitrogens with two attached hydrogens (primary N) is 1. The van der Waals surface area contributed by atoms with Gasteiger partial charge >= 0.3 is 0 Å². The third-order valence-electron chi connectivity index (χ3n) is 3.43. The van der Waals surface area contributed by atoms with Crippen molar-refractivity contribution in [3.63, 3.8) is 0 Å². The van der Waals surface area contributed by atoms with Gasteiger partial charge < -0.3 is 15.5 Å². The van der Waals surface area contributed by atoms with Gasteiger partial charge in [0.15, 0.2) is 0 Å². The van der Waals surface area contributed by atoms with Gasteiger partial charge in [0.05, 0.1) is 5.69 Å². The van der Waals surface area contributed by atoms with Crippen LogP contribution in [-0.2, 0) is 6.42 Å². The maximum Gasteiger partial charge on any atom is 0.139 e. The Kier molecular flexibility index (Phi) is 2.73. The minimum absolute atomic E-state index is 0.728. The molecule has 1 atom stereocenters. The molecule has 4 nitrogen and oxygen atoms in total. The Morgan fingerprint density at radius 1 is 1.53 bits per heavy atom. The van der Waals surface area contributed by atoms with Crippen molar-refractivity contribution in [3.05, 3.63) is 30.2 Å². The molecule has 1 saturated heterocycles.